The molecule has 0 saturated heterocycles. The minimum atomic E-state index is -0.486. The van der Waals surface area contributed by atoms with E-state index in [0.29, 0.717) is 11.8 Å². The van der Waals surface area contributed by atoms with Crippen LogP contribution in [-0.2, 0) is 0 Å². The number of hydrogen-bond acceptors (Lipinski definition) is 0. The van der Waals surface area contributed by atoms with E-state index in [-0.39, 0.29) is 0 Å². The normalized spacial score (nSPS) is 25.9. The van der Waals surface area contributed by atoms with Crippen molar-refractivity contribution in [1.29, 1.82) is 0 Å². The molecule has 1 aliphatic rings. The first-order valence-corrected chi connectivity index (χ1v) is 7.81. The van der Waals surface area contributed by atoms with Crippen LogP contribution in [0.5, 0.6) is 0 Å². The summed E-state index contributed by atoms with van der Waals surface area (Å²) in [7, 11) is 0. The smallest absolute Gasteiger partial charge is 0.103 e. The number of alkyl halides is 1. The Labute approximate surface area is 130 Å². The van der Waals surface area contributed by atoms with Gasteiger partial charge in [-0.1, -0.05) is 63.8 Å². The third kappa shape index (κ3) is 6.75. The molecule has 1 heteroatoms. The molecule has 0 aliphatic heterocycles. The lowest BCUT2D eigenvalue weighted by Crippen LogP contribution is -2.35. The Hall–Kier alpha value is -1.37. The average Bonchev–Trinajstić information content (AvgIpc) is 2.51. The second-order valence-corrected chi connectivity index (χ2v) is 5.70. The lowest BCUT2D eigenvalue weighted by Gasteiger charge is -2.36. The van der Waals surface area contributed by atoms with E-state index in [0.717, 1.165) is 18.4 Å². The maximum absolute atomic E-state index is 12.3. The van der Waals surface area contributed by atoms with E-state index in [4.69, 9.17) is 0 Å². The molecule has 0 aromatic carbocycles. The first kappa shape index (κ1) is 19.6. The predicted molar refractivity (Wildman–Crippen MR) is 94.1 cm³/mol. The van der Waals surface area contributed by atoms with Gasteiger partial charge in [0.25, 0.3) is 0 Å². The van der Waals surface area contributed by atoms with Crippen LogP contribution < -0.4 is 0 Å². The third-order valence-electron chi connectivity index (χ3n) is 4.35. The lowest BCUT2D eigenvalue weighted by molar-refractivity contribution is 0.0449. The standard InChI is InChI=1S/C13H18.C7H13F/c1-6-8-9-10-12(4)13(5)11(3)7-2;1-3-6-4-7(8)5(6)2/h6-10H,2,4H2,1,3,5H3;5-7H,3-4H2,1-2H3/b8-6-,10-9-,13-11+;. The van der Waals surface area contributed by atoms with Crippen LogP contribution in [-0.4, -0.2) is 6.17 Å². The maximum Gasteiger partial charge on any atom is 0.103 e. The summed E-state index contributed by atoms with van der Waals surface area (Å²) in [5, 5.41) is 0. The van der Waals surface area contributed by atoms with Gasteiger partial charge in [0.2, 0.25) is 0 Å². The fourth-order valence-electron chi connectivity index (χ4n) is 2.17. The fourth-order valence-corrected chi connectivity index (χ4v) is 2.17. The van der Waals surface area contributed by atoms with Gasteiger partial charge in [-0.05, 0) is 55.7 Å². The minimum Gasteiger partial charge on any atom is -0.247 e. The van der Waals surface area contributed by atoms with Crippen LogP contribution in [0.4, 0.5) is 4.39 Å². The monoisotopic (exact) mass is 290 g/mol. The molecule has 21 heavy (non-hydrogen) atoms. The Kier molecular flexibility index (Phi) is 9.69. The van der Waals surface area contributed by atoms with E-state index in [1.807, 2.05) is 51.2 Å². The molecule has 0 aromatic heterocycles. The van der Waals surface area contributed by atoms with Crippen LogP contribution in [0.15, 0.2) is 60.3 Å². The van der Waals surface area contributed by atoms with Crippen molar-refractivity contribution in [3.63, 3.8) is 0 Å². The molecular weight excluding hydrogens is 259 g/mol. The summed E-state index contributed by atoms with van der Waals surface area (Å²) in [6.45, 7) is 17.9. The molecule has 0 spiro atoms. The Bertz CT molecular complexity index is 423. The predicted octanol–water partition coefficient (Wildman–Crippen LogP) is 6.59. The molecule has 0 aromatic rings. The van der Waals surface area contributed by atoms with Gasteiger partial charge in [-0.15, -0.1) is 0 Å². The third-order valence-corrected chi connectivity index (χ3v) is 4.35. The van der Waals surface area contributed by atoms with Crippen molar-refractivity contribution in [1.82, 2.24) is 0 Å². The SMILES string of the molecule is C=C/C(C)=C(\C)C(=C)/C=C\C=C/C.CCC1CC(F)C1C. The van der Waals surface area contributed by atoms with Crippen LogP contribution in [0, 0.1) is 11.8 Å². The highest BCUT2D eigenvalue weighted by atomic mass is 19.1. The van der Waals surface area contributed by atoms with E-state index in [1.54, 1.807) is 0 Å². The number of rotatable bonds is 5. The zero-order chi connectivity index (χ0) is 16.4. The van der Waals surface area contributed by atoms with Gasteiger partial charge in [0.05, 0.1) is 0 Å². The molecular formula is C20H31F. The van der Waals surface area contributed by atoms with Crippen molar-refractivity contribution in [2.24, 2.45) is 11.8 Å². The van der Waals surface area contributed by atoms with Crippen molar-refractivity contribution < 1.29 is 4.39 Å². The summed E-state index contributed by atoms with van der Waals surface area (Å²) in [4.78, 5) is 0. The summed E-state index contributed by atoms with van der Waals surface area (Å²) >= 11 is 0. The van der Waals surface area contributed by atoms with Gasteiger partial charge >= 0.3 is 0 Å². The molecule has 0 heterocycles. The van der Waals surface area contributed by atoms with Gasteiger partial charge in [-0.2, -0.15) is 0 Å². The van der Waals surface area contributed by atoms with E-state index in [9.17, 15) is 4.39 Å². The van der Waals surface area contributed by atoms with Crippen molar-refractivity contribution in [2.45, 2.75) is 53.6 Å². The molecule has 0 bridgehead atoms. The van der Waals surface area contributed by atoms with E-state index < -0.39 is 6.17 Å². The second-order valence-electron chi connectivity index (χ2n) is 5.70. The Morgan fingerprint density at radius 3 is 2.24 bits per heavy atom. The van der Waals surface area contributed by atoms with Gasteiger partial charge in [-0.3, -0.25) is 0 Å². The topological polar surface area (TPSA) is 0 Å². The summed E-state index contributed by atoms with van der Waals surface area (Å²) < 4.78 is 12.3. The Balaban J connectivity index is 0.000000423. The van der Waals surface area contributed by atoms with Crippen LogP contribution in [0.3, 0.4) is 0 Å². The first-order chi connectivity index (χ1) is 9.88. The zero-order valence-corrected chi connectivity index (χ0v) is 14.3. The van der Waals surface area contributed by atoms with Gasteiger partial charge < -0.3 is 0 Å². The largest absolute Gasteiger partial charge is 0.247 e. The molecule has 1 aliphatic carbocycles. The van der Waals surface area contributed by atoms with Crippen molar-refractivity contribution in [2.75, 3.05) is 0 Å². The Morgan fingerprint density at radius 1 is 1.29 bits per heavy atom. The molecule has 0 radical (unpaired) electrons. The van der Waals surface area contributed by atoms with Gasteiger partial charge in [0.1, 0.15) is 6.17 Å². The summed E-state index contributed by atoms with van der Waals surface area (Å²) in [6, 6.07) is 0. The van der Waals surface area contributed by atoms with Crippen LogP contribution in [0.2, 0.25) is 0 Å². The van der Waals surface area contributed by atoms with Crippen molar-refractivity contribution in [3.8, 4) is 0 Å². The highest BCUT2D eigenvalue weighted by Crippen LogP contribution is 2.38. The number of hydrogen-bond donors (Lipinski definition) is 0. The average molecular weight is 290 g/mol. The van der Waals surface area contributed by atoms with Gasteiger partial charge in [0.15, 0.2) is 0 Å². The second kappa shape index (κ2) is 10.4. The molecule has 0 nitrogen and oxygen atoms in total. The molecule has 3 unspecified atom stereocenters. The summed E-state index contributed by atoms with van der Waals surface area (Å²) in [5.41, 5.74) is 3.40. The van der Waals surface area contributed by atoms with Gasteiger partial charge in [-0.25, -0.2) is 4.39 Å². The summed E-state index contributed by atoms with van der Waals surface area (Å²) in [6.07, 6.45) is 11.3. The van der Waals surface area contributed by atoms with E-state index in [1.165, 1.54) is 11.1 Å². The first-order valence-electron chi connectivity index (χ1n) is 7.81. The zero-order valence-electron chi connectivity index (χ0n) is 14.3. The van der Waals surface area contributed by atoms with Gasteiger partial charge in [0, 0.05) is 0 Å². The van der Waals surface area contributed by atoms with Crippen LogP contribution >= 0.6 is 0 Å². The highest BCUT2D eigenvalue weighted by Gasteiger charge is 2.35. The van der Waals surface area contributed by atoms with E-state index >= 15 is 0 Å². The number of halogens is 1. The summed E-state index contributed by atoms with van der Waals surface area (Å²) in [5.74, 6) is 1.03. The fraction of sp³-hybridized carbons (Fsp3) is 0.500. The lowest BCUT2D eigenvalue weighted by atomic mass is 9.72. The molecule has 3 atom stereocenters. The van der Waals surface area contributed by atoms with Crippen molar-refractivity contribution in [3.05, 3.63) is 60.3 Å². The molecule has 1 fully saturated rings. The van der Waals surface area contributed by atoms with Crippen molar-refractivity contribution >= 4 is 0 Å². The molecule has 1 saturated carbocycles. The highest BCUT2D eigenvalue weighted by molar-refractivity contribution is 5.42. The minimum absolute atomic E-state index is 0.347. The molecule has 0 amide bonds. The number of allylic oxidation sites excluding steroid dienone is 8. The van der Waals surface area contributed by atoms with E-state index in [2.05, 4.69) is 27.0 Å². The maximum atomic E-state index is 12.3. The molecule has 1 rings (SSSR count). The van der Waals surface area contributed by atoms with Crippen LogP contribution in [0.25, 0.3) is 0 Å². The van der Waals surface area contributed by atoms with Crippen LogP contribution in [0.1, 0.15) is 47.5 Å². The quantitative estimate of drug-likeness (QED) is 0.501. The Morgan fingerprint density at radius 2 is 1.90 bits per heavy atom. The molecule has 118 valence electrons. The molecule has 0 N–H and O–H groups in total.